The highest BCUT2D eigenvalue weighted by atomic mass is 35.5. The van der Waals surface area contributed by atoms with Crippen molar-refractivity contribution in [3.05, 3.63) is 53.6 Å². The van der Waals surface area contributed by atoms with Crippen molar-refractivity contribution in [1.82, 2.24) is 0 Å². The molecule has 0 aromatic heterocycles. The molecule has 2 rings (SSSR count). The van der Waals surface area contributed by atoms with Crippen molar-refractivity contribution in [2.75, 3.05) is 5.32 Å². The van der Waals surface area contributed by atoms with Gasteiger partial charge in [0.25, 0.3) is 12.3 Å². The Balaban J connectivity index is 2.32. The number of rotatable bonds is 5. The van der Waals surface area contributed by atoms with E-state index in [0.29, 0.717) is 6.92 Å². The second kappa shape index (κ2) is 7.07. The summed E-state index contributed by atoms with van der Waals surface area (Å²) in [6, 6.07) is 11.1. The Morgan fingerprint density at radius 3 is 2.28 bits per heavy atom. The highest BCUT2D eigenvalue weighted by Gasteiger charge is 2.40. The molecule has 134 valence electrons. The summed E-state index contributed by atoms with van der Waals surface area (Å²) < 4.78 is 50.3. The Bertz CT molecular complexity index is 886. The average molecular weight is 390 g/mol. The molecular weight excluding hydrogens is 376 g/mol. The Hall–Kier alpha value is -2.03. The first-order valence-corrected chi connectivity index (χ1v) is 8.84. The molecule has 9 heteroatoms. The third kappa shape index (κ3) is 3.97. The molecule has 0 aliphatic carbocycles. The summed E-state index contributed by atoms with van der Waals surface area (Å²) in [5.74, 6) is -1.36. The van der Waals surface area contributed by atoms with Crippen molar-refractivity contribution in [3.63, 3.8) is 0 Å². The number of carbonyl (C=O) groups excluding carboxylic acids is 1. The van der Waals surface area contributed by atoms with Gasteiger partial charge in [0.1, 0.15) is 0 Å². The number of amides is 1. The van der Waals surface area contributed by atoms with Crippen LogP contribution in [0.2, 0.25) is 5.02 Å². The number of hydrogen-bond acceptors (Lipinski definition) is 4. The van der Waals surface area contributed by atoms with E-state index in [1.54, 1.807) is 18.2 Å². The maximum Gasteiger partial charge on any atom is 0.275 e. The van der Waals surface area contributed by atoms with Crippen molar-refractivity contribution >= 4 is 33.0 Å². The fraction of sp³-hybridized carbons (Fsp3) is 0.188. The fourth-order valence-corrected chi connectivity index (χ4v) is 3.45. The third-order valence-corrected chi connectivity index (χ3v) is 5.52. The van der Waals surface area contributed by atoms with Gasteiger partial charge in [-0.25, -0.2) is 17.2 Å². The number of halogens is 3. The highest BCUT2D eigenvalue weighted by Crippen LogP contribution is 2.29. The summed E-state index contributed by atoms with van der Waals surface area (Å²) >= 11 is 5.95. The van der Waals surface area contributed by atoms with E-state index in [4.69, 9.17) is 11.6 Å². The SMILES string of the molecule is CC(O)(C(=O)Nc1ccc(S(=O)(=O)c2ccccc2)cc1Cl)C(F)F. The van der Waals surface area contributed by atoms with Gasteiger partial charge in [-0.2, -0.15) is 0 Å². The first-order chi connectivity index (χ1) is 11.6. The quantitative estimate of drug-likeness (QED) is 0.823. The van der Waals surface area contributed by atoms with Gasteiger partial charge >= 0.3 is 0 Å². The van der Waals surface area contributed by atoms with Gasteiger partial charge in [-0.05, 0) is 37.3 Å². The molecule has 0 heterocycles. The smallest absolute Gasteiger partial charge is 0.275 e. The first kappa shape index (κ1) is 19.3. The van der Waals surface area contributed by atoms with Crippen molar-refractivity contribution in [1.29, 1.82) is 0 Å². The molecule has 2 aromatic carbocycles. The topological polar surface area (TPSA) is 83.5 Å². The molecule has 0 bridgehead atoms. The molecule has 0 radical (unpaired) electrons. The van der Waals surface area contributed by atoms with E-state index in [1.165, 1.54) is 18.2 Å². The summed E-state index contributed by atoms with van der Waals surface area (Å²) in [7, 11) is -3.82. The van der Waals surface area contributed by atoms with E-state index in [0.717, 1.165) is 12.1 Å². The first-order valence-electron chi connectivity index (χ1n) is 6.98. The third-order valence-electron chi connectivity index (χ3n) is 3.44. The van der Waals surface area contributed by atoms with E-state index >= 15 is 0 Å². The minimum atomic E-state index is -3.82. The second-order valence-corrected chi connectivity index (χ2v) is 7.72. The molecule has 2 aromatic rings. The molecule has 25 heavy (non-hydrogen) atoms. The van der Waals surface area contributed by atoms with Crippen LogP contribution in [0.4, 0.5) is 14.5 Å². The Morgan fingerprint density at radius 2 is 1.76 bits per heavy atom. The lowest BCUT2D eigenvalue weighted by molar-refractivity contribution is -0.148. The summed E-state index contributed by atoms with van der Waals surface area (Å²) in [5, 5.41) is 11.3. The van der Waals surface area contributed by atoms with E-state index in [-0.39, 0.29) is 20.5 Å². The summed E-state index contributed by atoms with van der Waals surface area (Å²) in [6.45, 7) is 0.662. The summed E-state index contributed by atoms with van der Waals surface area (Å²) in [6.07, 6.45) is -3.30. The molecule has 0 saturated heterocycles. The molecule has 0 aliphatic rings. The fourth-order valence-electron chi connectivity index (χ4n) is 1.85. The lowest BCUT2D eigenvalue weighted by Crippen LogP contribution is -2.46. The van der Waals surface area contributed by atoms with Crippen molar-refractivity contribution < 1.29 is 27.1 Å². The van der Waals surface area contributed by atoms with Crippen LogP contribution in [-0.4, -0.2) is 31.5 Å². The van der Waals surface area contributed by atoms with Crippen LogP contribution < -0.4 is 5.32 Å². The molecule has 1 atom stereocenters. The number of nitrogens with one attached hydrogen (secondary N) is 1. The number of anilines is 1. The molecule has 1 unspecified atom stereocenters. The molecule has 1 amide bonds. The van der Waals surface area contributed by atoms with Gasteiger partial charge in [-0.1, -0.05) is 29.8 Å². The van der Waals surface area contributed by atoms with E-state index < -0.39 is 27.8 Å². The Morgan fingerprint density at radius 1 is 1.16 bits per heavy atom. The largest absolute Gasteiger partial charge is 0.375 e. The van der Waals surface area contributed by atoms with Crippen LogP contribution in [0.1, 0.15) is 6.92 Å². The van der Waals surface area contributed by atoms with E-state index in [9.17, 15) is 27.1 Å². The normalized spacial score (nSPS) is 14.2. The van der Waals surface area contributed by atoms with Gasteiger partial charge in [0.15, 0.2) is 0 Å². The number of sulfone groups is 1. The van der Waals surface area contributed by atoms with Gasteiger partial charge in [0, 0.05) is 0 Å². The second-order valence-electron chi connectivity index (χ2n) is 5.36. The molecule has 0 fully saturated rings. The van der Waals surface area contributed by atoms with Gasteiger partial charge in [0.2, 0.25) is 15.4 Å². The zero-order chi connectivity index (χ0) is 18.8. The van der Waals surface area contributed by atoms with Crippen LogP contribution in [0, 0.1) is 0 Å². The highest BCUT2D eigenvalue weighted by molar-refractivity contribution is 7.91. The Labute approximate surface area is 148 Å². The van der Waals surface area contributed by atoms with Gasteiger partial charge < -0.3 is 10.4 Å². The van der Waals surface area contributed by atoms with E-state index in [2.05, 4.69) is 5.32 Å². The van der Waals surface area contributed by atoms with Gasteiger partial charge in [0.05, 0.1) is 20.5 Å². The Kier molecular flexibility index (Phi) is 5.46. The number of hydrogen-bond donors (Lipinski definition) is 2. The maximum atomic E-state index is 12.7. The van der Waals surface area contributed by atoms with Gasteiger partial charge in [-0.15, -0.1) is 0 Å². The van der Waals surface area contributed by atoms with Crippen LogP contribution in [0.25, 0.3) is 0 Å². The predicted octanol–water partition coefficient (Wildman–Crippen LogP) is 3.13. The van der Waals surface area contributed by atoms with Crippen molar-refractivity contribution in [3.8, 4) is 0 Å². The molecule has 2 N–H and O–H groups in total. The summed E-state index contributed by atoms with van der Waals surface area (Å²) in [4.78, 5) is 11.6. The van der Waals surface area contributed by atoms with Crippen LogP contribution in [-0.2, 0) is 14.6 Å². The predicted molar refractivity (Wildman–Crippen MR) is 88.6 cm³/mol. The van der Waals surface area contributed by atoms with Gasteiger partial charge in [-0.3, -0.25) is 4.79 Å². The number of aliphatic hydroxyl groups is 1. The number of carbonyl (C=O) groups is 1. The minimum absolute atomic E-state index is 0.0588. The molecule has 5 nitrogen and oxygen atoms in total. The zero-order valence-corrected chi connectivity index (χ0v) is 14.5. The monoisotopic (exact) mass is 389 g/mol. The van der Waals surface area contributed by atoms with Crippen LogP contribution >= 0.6 is 11.6 Å². The summed E-state index contributed by atoms with van der Waals surface area (Å²) in [5.41, 5.74) is -3.00. The van der Waals surface area contributed by atoms with Crippen molar-refractivity contribution in [2.24, 2.45) is 0 Å². The standard InChI is InChI=1S/C16H14ClF2NO4S/c1-16(22,14(18)19)15(21)20-13-8-7-11(9-12(13)17)25(23,24)10-5-3-2-4-6-10/h2-9,14,22H,1H3,(H,20,21). The lowest BCUT2D eigenvalue weighted by atomic mass is 10.1. The maximum absolute atomic E-state index is 12.7. The van der Waals surface area contributed by atoms with E-state index in [1.807, 2.05) is 0 Å². The number of alkyl halides is 2. The van der Waals surface area contributed by atoms with Crippen LogP contribution in [0.15, 0.2) is 58.3 Å². The van der Waals surface area contributed by atoms with Crippen molar-refractivity contribution in [2.45, 2.75) is 28.7 Å². The minimum Gasteiger partial charge on any atom is -0.375 e. The molecule has 0 aliphatic heterocycles. The molecular formula is C16H14ClF2NO4S. The molecule has 0 spiro atoms. The number of benzene rings is 2. The van der Waals surface area contributed by atoms with Crippen LogP contribution in [0.3, 0.4) is 0 Å². The van der Waals surface area contributed by atoms with Crippen LogP contribution in [0.5, 0.6) is 0 Å². The lowest BCUT2D eigenvalue weighted by Gasteiger charge is -2.21. The molecule has 0 saturated carbocycles. The zero-order valence-electron chi connectivity index (χ0n) is 12.9. The average Bonchev–Trinajstić information content (AvgIpc) is 2.57.